The summed E-state index contributed by atoms with van der Waals surface area (Å²) in [5.41, 5.74) is 0.874. The van der Waals surface area contributed by atoms with Gasteiger partial charge in [0.1, 0.15) is 5.82 Å². The van der Waals surface area contributed by atoms with Crippen molar-refractivity contribution in [2.75, 3.05) is 43.4 Å². The van der Waals surface area contributed by atoms with Gasteiger partial charge >= 0.3 is 0 Å². The number of aromatic nitrogens is 2. The number of benzene rings is 1. The molecule has 1 saturated heterocycles. The minimum Gasteiger partial charge on any atom is -0.338 e. The van der Waals surface area contributed by atoms with Crippen molar-refractivity contribution < 1.29 is 9.18 Å². The third-order valence-corrected chi connectivity index (χ3v) is 4.02. The Morgan fingerprint density at radius 2 is 1.83 bits per heavy atom. The monoisotopic (exact) mass is 329 g/mol. The molecule has 1 amide bonds. The van der Waals surface area contributed by atoms with E-state index in [0.29, 0.717) is 17.2 Å². The second-order valence-corrected chi connectivity index (χ2v) is 5.88. The first-order valence-electron chi connectivity index (χ1n) is 7.90. The van der Waals surface area contributed by atoms with E-state index in [1.165, 1.54) is 6.07 Å². The Kier molecular flexibility index (Phi) is 5.00. The molecular weight excluding hydrogens is 309 g/mol. The number of rotatable bonds is 4. The molecular formula is C17H20FN5O. The van der Waals surface area contributed by atoms with Crippen LogP contribution in [0.3, 0.4) is 0 Å². The second-order valence-electron chi connectivity index (χ2n) is 5.88. The molecule has 0 bridgehead atoms. The number of anilines is 2. The van der Waals surface area contributed by atoms with Gasteiger partial charge in [-0.3, -0.25) is 4.79 Å². The summed E-state index contributed by atoms with van der Waals surface area (Å²) in [4.78, 5) is 25.0. The zero-order valence-electron chi connectivity index (χ0n) is 13.6. The lowest BCUT2D eigenvalue weighted by atomic mass is 10.1. The summed E-state index contributed by atoms with van der Waals surface area (Å²) in [6.45, 7) is 3.72. The molecule has 7 heteroatoms. The molecule has 6 nitrogen and oxygen atoms in total. The summed E-state index contributed by atoms with van der Waals surface area (Å²) in [6, 6.07) is 6.25. The van der Waals surface area contributed by atoms with E-state index in [4.69, 9.17) is 0 Å². The summed E-state index contributed by atoms with van der Waals surface area (Å²) in [5.74, 6) is -0.0134. The maximum absolute atomic E-state index is 13.6. The molecule has 1 aromatic heterocycles. The molecule has 1 aliphatic rings. The fourth-order valence-corrected chi connectivity index (χ4v) is 2.58. The number of carbonyl (C=O) groups is 1. The van der Waals surface area contributed by atoms with Crippen LogP contribution in [0.25, 0.3) is 0 Å². The Morgan fingerprint density at radius 1 is 1.17 bits per heavy atom. The molecule has 0 aliphatic carbocycles. The lowest BCUT2D eigenvalue weighted by Crippen LogP contribution is -2.45. The quantitative estimate of drug-likeness (QED) is 0.922. The van der Waals surface area contributed by atoms with Crippen molar-refractivity contribution in [3.63, 3.8) is 0 Å². The van der Waals surface area contributed by atoms with E-state index in [2.05, 4.69) is 32.1 Å². The van der Waals surface area contributed by atoms with Crippen molar-refractivity contribution in [2.45, 2.75) is 6.42 Å². The van der Waals surface area contributed by atoms with Gasteiger partial charge in [0.05, 0.1) is 24.5 Å². The van der Waals surface area contributed by atoms with Crippen molar-refractivity contribution in [3.8, 4) is 0 Å². The van der Waals surface area contributed by atoms with Gasteiger partial charge < -0.3 is 15.1 Å². The highest BCUT2D eigenvalue weighted by atomic mass is 19.1. The highest BCUT2D eigenvalue weighted by Crippen LogP contribution is 2.13. The van der Waals surface area contributed by atoms with Crippen molar-refractivity contribution >= 4 is 17.5 Å². The second kappa shape index (κ2) is 7.35. The SMILES string of the molecule is CN1CCN(c2ncc(NC(=O)Cc3ccccc3F)cn2)CC1. The largest absolute Gasteiger partial charge is 0.338 e. The predicted molar refractivity (Wildman–Crippen MR) is 90.5 cm³/mol. The van der Waals surface area contributed by atoms with E-state index in [0.717, 1.165) is 26.2 Å². The van der Waals surface area contributed by atoms with Gasteiger partial charge in [-0.2, -0.15) is 0 Å². The van der Waals surface area contributed by atoms with Gasteiger partial charge in [0.25, 0.3) is 0 Å². The van der Waals surface area contributed by atoms with E-state index < -0.39 is 0 Å². The van der Waals surface area contributed by atoms with Crippen molar-refractivity contribution in [3.05, 3.63) is 48.0 Å². The summed E-state index contributed by atoms with van der Waals surface area (Å²) < 4.78 is 13.6. The fourth-order valence-electron chi connectivity index (χ4n) is 2.58. The Bertz CT molecular complexity index is 698. The van der Waals surface area contributed by atoms with Crippen LogP contribution in [0.5, 0.6) is 0 Å². The van der Waals surface area contributed by atoms with E-state index in [1.807, 2.05) is 0 Å². The molecule has 0 saturated carbocycles. The first-order chi connectivity index (χ1) is 11.6. The normalized spacial score (nSPS) is 15.3. The third-order valence-electron chi connectivity index (χ3n) is 4.02. The summed E-state index contributed by atoms with van der Waals surface area (Å²) in [7, 11) is 2.09. The van der Waals surface area contributed by atoms with Crippen molar-refractivity contribution in [1.82, 2.24) is 14.9 Å². The molecule has 0 spiro atoms. The van der Waals surface area contributed by atoms with Crippen LogP contribution in [0.15, 0.2) is 36.7 Å². The zero-order valence-corrected chi connectivity index (χ0v) is 13.6. The van der Waals surface area contributed by atoms with Gasteiger partial charge in [-0.1, -0.05) is 18.2 Å². The first kappa shape index (κ1) is 16.3. The summed E-state index contributed by atoms with van der Waals surface area (Å²) in [5, 5.41) is 2.70. The van der Waals surface area contributed by atoms with E-state index in [9.17, 15) is 9.18 Å². The molecule has 0 unspecified atom stereocenters. The molecule has 3 rings (SSSR count). The average Bonchev–Trinajstić information content (AvgIpc) is 2.58. The Balaban J connectivity index is 1.58. The topological polar surface area (TPSA) is 61.4 Å². The molecule has 24 heavy (non-hydrogen) atoms. The number of nitrogens with zero attached hydrogens (tertiary/aromatic N) is 4. The third kappa shape index (κ3) is 4.05. The molecule has 1 aromatic carbocycles. The molecule has 1 N–H and O–H groups in total. The van der Waals surface area contributed by atoms with E-state index in [-0.39, 0.29) is 18.1 Å². The molecule has 2 aromatic rings. The minimum atomic E-state index is -0.380. The molecule has 0 atom stereocenters. The number of nitrogens with one attached hydrogen (secondary N) is 1. The van der Waals surface area contributed by atoms with E-state index in [1.54, 1.807) is 30.6 Å². The number of hydrogen-bond acceptors (Lipinski definition) is 5. The fraction of sp³-hybridized carbons (Fsp3) is 0.353. The molecule has 2 heterocycles. The molecule has 126 valence electrons. The smallest absolute Gasteiger partial charge is 0.228 e. The van der Waals surface area contributed by atoms with Gasteiger partial charge in [0.15, 0.2) is 0 Å². The highest BCUT2D eigenvalue weighted by Gasteiger charge is 2.16. The van der Waals surface area contributed by atoms with E-state index >= 15 is 0 Å². The summed E-state index contributed by atoms with van der Waals surface area (Å²) in [6.07, 6.45) is 3.15. The summed E-state index contributed by atoms with van der Waals surface area (Å²) >= 11 is 0. The van der Waals surface area contributed by atoms with Crippen LogP contribution in [0, 0.1) is 5.82 Å². The van der Waals surface area contributed by atoms with Crippen LogP contribution < -0.4 is 10.2 Å². The van der Waals surface area contributed by atoms with Crippen LogP contribution in [-0.2, 0) is 11.2 Å². The Hall–Kier alpha value is -2.54. The van der Waals surface area contributed by atoms with Crippen LogP contribution in [0.2, 0.25) is 0 Å². The Labute approximate surface area is 140 Å². The first-order valence-corrected chi connectivity index (χ1v) is 7.90. The number of halogens is 1. The van der Waals surface area contributed by atoms with Crippen LogP contribution in [0.4, 0.5) is 16.0 Å². The van der Waals surface area contributed by atoms with Gasteiger partial charge in [0, 0.05) is 26.2 Å². The maximum Gasteiger partial charge on any atom is 0.228 e. The number of carbonyl (C=O) groups excluding carboxylic acids is 1. The van der Waals surface area contributed by atoms with Gasteiger partial charge in [-0.05, 0) is 18.7 Å². The van der Waals surface area contributed by atoms with Crippen LogP contribution >= 0.6 is 0 Å². The number of piperazine rings is 1. The number of amides is 1. The Morgan fingerprint density at radius 3 is 2.50 bits per heavy atom. The average molecular weight is 329 g/mol. The van der Waals surface area contributed by atoms with Gasteiger partial charge in [0.2, 0.25) is 11.9 Å². The molecule has 0 radical (unpaired) electrons. The van der Waals surface area contributed by atoms with Crippen LogP contribution in [0.1, 0.15) is 5.56 Å². The number of likely N-dealkylation sites (N-methyl/N-ethyl adjacent to an activating group) is 1. The van der Waals surface area contributed by atoms with Crippen molar-refractivity contribution in [1.29, 1.82) is 0 Å². The molecule has 1 aliphatic heterocycles. The number of hydrogen-bond donors (Lipinski definition) is 1. The van der Waals surface area contributed by atoms with Gasteiger partial charge in [-0.25, -0.2) is 14.4 Å². The van der Waals surface area contributed by atoms with Crippen molar-refractivity contribution in [2.24, 2.45) is 0 Å². The van der Waals surface area contributed by atoms with Crippen LogP contribution in [-0.4, -0.2) is 54.0 Å². The highest BCUT2D eigenvalue weighted by molar-refractivity contribution is 5.92. The minimum absolute atomic E-state index is 0.0209. The van der Waals surface area contributed by atoms with Gasteiger partial charge in [-0.15, -0.1) is 0 Å². The lowest BCUT2D eigenvalue weighted by molar-refractivity contribution is -0.115. The predicted octanol–water partition coefficient (Wildman–Crippen LogP) is 1.55. The standard InChI is InChI=1S/C17H20FN5O/c1-22-6-8-23(9-7-22)17-19-11-14(12-20-17)21-16(24)10-13-4-2-3-5-15(13)18/h2-5,11-12H,6-10H2,1H3,(H,21,24). The molecule has 1 fully saturated rings. The maximum atomic E-state index is 13.6. The lowest BCUT2D eigenvalue weighted by Gasteiger charge is -2.32. The zero-order chi connectivity index (χ0) is 16.9.